The zero-order chi connectivity index (χ0) is 23.4. The van der Waals surface area contributed by atoms with Gasteiger partial charge in [-0.25, -0.2) is 8.42 Å². The van der Waals surface area contributed by atoms with Crippen LogP contribution in [0.2, 0.25) is 5.02 Å². The predicted molar refractivity (Wildman–Crippen MR) is 133 cm³/mol. The van der Waals surface area contributed by atoms with Crippen molar-refractivity contribution in [3.05, 3.63) is 107 Å². The van der Waals surface area contributed by atoms with Crippen LogP contribution in [0.25, 0.3) is 10.8 Å². The summed E-state index contributed by atoms with van der Waals surface area (Å²) in [6, 6.07) is 26.8. The number of nitrogens with one attached hydrogen (secondary N) is 1. The molecule has 5 nitrogen and oxygen atoms in total. The summed E-state index contributed by atoms with van der Waals surface area (Å²) in [4.78, 5) is 13.0. The summed E-state index contributed by atoms with van der Waals surface area (Å²) in [6.45, 7) is 1.76. The maximum Gasteiger partial charge on any atom is 0.264 e. The molecular weight excluding hydrogens is 456 g/mol. The smallest absolute Gasteiger partial charge is 0.264 e. The Bertz CT molecular complexity index is 1400. The topological polar surface area (TPSA) is 66.5 Å². The molecule has 0 saturated carbocycles. The summed E-state index contributed by atoms with van der Waals surface area (Å²) in [5.41, 5.74) is 2.16. The summed E-state index contributed by atoms with van der Waals surface area (Å²) in [6.07, 6.45) is 0. The van der Waals surface area contributed by atoms with Crippen molar-refractivity contribution in [3.8, 4) is 0 Å². The number of aryl methyl sites for hydroxylation is 1. The minimum atomic E-state index is -3.99. The van der Waals surface area contributed by atoms with Gasteiger partial charge in [0, 0.05) is 11.6 Å². The number of sulfonamides is 1. The van der Waals surface area contributed by atoms with Crippen molar-refractivity contribution >= 4 is 44.0 Å². The molecule has 4 aromatic carbocycles. The molecule has 4 rings (SSSR count). The second-order valence-electron chi connectivity index (χ2n) is 7.67. The molecule has 0 saturated heterocycles. The lowest BCUT2D eigenvalue weighted by molar-refractivity contribution is -0.119. The molecule has 33 heavy (non-hydrogen) atoms. The molecule has 168 valence electrons. The van der Waals surface area contributed by atoms with Gasteiger partial charge in [0.2, 0.25) is 5.91 Å². The third-order valence-corrected chi connectivity index (χ3v) is 7.45. The molecule has 4 aromatic rings. The number of carbonyl (C=O) groups is 1. The average molecular weight is 479 g/mol. The Morgan fingerprint density at radius 2 is 1.55 bits per heavy atom. The number of hydrogen-bond donors (Lipinski definition) is 1. The van der Waals surface area contributed by atoms with Crippen LogP contribution in [0.4, 0.5) is 5.69 Å². The molecule has 0 fully saturated rings. The minimum Gasteiger partial charge on any atom is -0.350 e. The first kappa shape index (κ1) is 22.8. The lowest BCUT2D eigenvalue weighted by Crippen LogP contribution is -2.41. The van der Waals surface area contributed by atoms with Gasteiger partial charge in [0.1, 0.15) is 6.54 Å². The number of carbonyl (C=O) groups excluding carboxylic acids is 1. The zero-order valence-corrected chi connectivity index (χ0v) is 19.6. The Morgan fingerprint density at radius 1 is 0.879 bits per heavy atom. The van der Waals surface area contributed by atoms with E-state index in [1.807, 2.05) is 61.5 Å². The standard InChI is InChI=1S/C26H23ClN2O3S/c1-19-7-2-5-12-25(19)29(33(31,32)23-15-13-22(27)14-16-23)18-26(30)28-17-21-10-6-9-20-8-3-4-11-24(20)21/h2-16H,17-18H2,1H3,(H,28,30). The first-order valence-corrected chi connectivity index (χ1v) is 12.3. The Morgan fingerprint density at radius 3 is 2.30 bits per heavy atom. The number of benzene rings is 4. The van der Waals surface area contributed by atoms with Gasteiger partial charge in [0.05, 0.1) is 10.6 Å². The molecule has 0 heterocycles. The molecule has 0 aliphatic heterocycles. The monoisotopic (exact) mass is 478 g/mol. The van der Waals surface area contributed by atoms with E-state index in [2.05, 4.69) is 5.32 Å². The fourth-order valence-corrected chi connectivity index (χ4v) is 5.31. The number of amides is 1. The number of fused-ring (bicyclic) bond motifs is 1. The molecule has 0 aliphatic carbocycles. The van der Waals surface area contributed by atoms with Crippen LogP contribution in [0, 0.1) is 6.92 Å². The van der Waals surface area contributed by atoms with E-state index in [1.54, 1.807) is 12.1 Å². The fourth-order valence-electron chi connectivity index (χ4n) is 3.70. The quantitative estimate of drug-likeness (QED) is 0.391. The molecule has 1 N–H and O–H groups in total. The Hall–Kier alpha value is -3.35. The van der Waals surface area contributed by atoms with Crippen molar-refractivity contribution < 1.29 is 13.2 Å². The van der Waals surface area contributed by atoms with Crippen molar-refractivity contribution in [3.63, 3.8) is 0 Å². The Labute approximate surface area is 198 Å². The first-order valence-electron chi connectivity index (χ1n) is 10.4. The van der Waals surface area contributed by atoms with Crippen LogP contribution in [-0.2, 0) is 21.4 Å². The third kappa shape index (κ3) is 5.02. The Kier molecular flexibility index (Phi) is 6.67. The van der Waals surface area contributed by atoms with Crippen molar-refractivity contribution in [1.29, 1.82) is 0 Å². The van der Waals surface area contributed by atoms with Crippen molar-refractivity contribution in [2.24, 2.45) is 0 Å². The molecular formula is C26H23ClN2O3S. The maximum atomic E-state index is 13.5. The van der Waals surface area contributed by atoms with Gasteiger partial charge in [-0.05, 0) is 59.2 Å². The van der Waals surface area contributed by atoms with Crippen LogP contribution in [0.3, 0.4) is 0 Å². The highest BCUT2D eigenvalue weighted by atomic mass is 35.5. The molecule has 0 aliphatic rings. The van der Waals surface area contributed by atoms with Crippen LogP contribution in [-0.4, -0.2) is 20.9 Å². The molecule has 0 spiro atoms. The van der Waals surface area contributed by atoms with Crippen LogP contribution in [0.15, 0.2) is 95.9 Å². The minimum absolute atomic E-state index is 0.0667. The van der Waals surface area contributed by atoms with Gasteiger partial charge in [0.15, 0.2) is 0 Å². The Balaban J connectivity index is 1.61. The highest BCUT2D eigenvalue weighted by molar-refractivity contribution is 7.92. The third-order valence-electron chi connectivity index (χ3n) is 5.43. The summed E-state index contributed by atoms with van der Waals surface area (Å²) >= 11 is 5.94. The number of halogens is 1. The van der Waals surface area contributed by atoms with Gasteiger partial charge in [-0.1, -0.05) is 72.3 Å². The van der Waals surface area contributed by atoms with Gasteiger partial charge >= 0.3 is 0 Å². The molecule has 0 bridgehead atoms. The van der Waals surface area contributed by atoms with Crippen LogP contribution < -0.4 is 9.62 Å². The number of anilines is 1. The van der Waals surface area contributed by atoms with Crippen LogP contribution in [0.1, 0.15) is 11.1 Å². The first-order chi connectivity index (χ1) is 15.9. The predicted octanol–water partition coefficient (Wildman–Crippen LogP) is 5.31. The largest absolute Gasteiger partial charge is 0.350 e. The second-order valence-corrected chi connectivity index (χ2v) is 9.97. The summed E-state index contributed by atoms with van der Waals surface area (Å²) < 4.78 is 28.1. The number of para-hydroxylation sites is 1. The van der Waals surface area contributed by atoms with E-state index in [0.717, 1.165) is 26.2 Å². The maximum absolute atomic E-state index is 13.5. The van der Waals surface area contributed by atoms with Crippen LogP contribution in [0.5, 0.6) is 0 Å². The molecule has 0 radical (unpaired) electrons. The number of hydrogen-bond acceptors (Lipinski definition) is 3. The van der Waals surface area contributed by atoms with Gasteiger partial charge in [0.25, 0.3) is 10.0 Å². The SMILES string of the molecule is Cc1ccccc1N(CC(=O)NCc1cccc2ccccc12)S(=O)(=O)c1ccc(Cl)cc1. The fraction of sp³-hybridized carbons (Fsp3) is 0.115. The summed E-state index contributed by atoms with van der Waals surface area (Å²) in [5, 5.41) is 5.44. The summed E-state index contributed by atoms with van der Waals surface area (Å²) in [5.74, 6) is -0.399. The van der Waals surface area contributed by atoms with Crippen molar-refractivity contribution in [2.45, 2.75) is 18.4 Å². The van der Waals surface area contributed by atoms with Gasteiger partial charge in [-0.3, -0.25) is 9.10 Å². The lowest BCUT2D eigenvalue weighted by atomic mass is 10.0. The highest BCUT2D eigenvalue weighted by Crippen LogP contribution is 2.27. The zero-order valence-electron chi connectivity index (χ0n) is 18.0. The van der Waals surface area contributed by atoms with Gasteiger partial charge < -0.3 is 5.32 Å². The van der Waals surface area contributed by atoms with Crippen LogP contribution >= 0.6 is 11.6 Å². The normalized spacial score (nSPS) is 11.3. The second kappa shape index (κ2) is 9.65. The van der Waals surface area contributed by atoms with E-state index in [9.17, 15) is 13.2 Å². The van der Waals surface area contributed by atoms with E-state index >= 15 is 0 Å². The molecule has 1 amide bonds. The van der Waals surface area contributed by atoms with Crippen molar-refractivity contribution in [2.75, 3.05) is 10.8 Å². The summed E-state index contributed by atoms with van der Waals surface area (Å²) in [7, 11) is -3.99. The average Bonchev–Trinajstić information content (AvgIpc) is 2.82. The van der Waals surface area contributed by atoms with E-state index in [4.69, 9.17) is 11.6 Å². The van der Waals surface area contributed by atoms with E-state index in [0.29, 0.717) is 17.3 Å². The number of rotatable bonds is 7. The van der Waals surface area contributed by atoms with E-state index in [-0.39, 0.29) is 11.4 Å². The molecule has 7 heteroatoms. The molecule has 0 unspecified atom stereocenters. The van der Waals surface area contributed by atoms with E-state index in [1.165, 1.54) is 24.3 Å². The van der Waals surface area contributed by atoms with Gasteiger partial charge in [-0.2, -0.15) is 0 Å². The van der Waals surface area contributed by atoms with E-state index < -0.39 is 15.9 Å². The van der Waals surface area contributed by atoms with Gasteiger partial charge in [-0.15, -0.1) is 0 Å². The lowest BCUT2D eigenvalue weighted by Gasteiger charge is -2.25. The van der Waals surface area contributed by atoms with Crippen molar-refractivity contribution in [1.82, 2.24) is 5.32 Å². The highest BCUT2D eigenvalue weighted by Gasteiger charge is 2.28. The molecule has 0 aromatic heterocycles. The molecule has 0 atom stereocenters. The number of nitrogens with zero attached hydrogens (tertiary/aromatic N) is 1.